The maximum Gasteiger partial charge on any atom is 0.317 e. The van der Waals surface area contributed by atoms with Crippen LogP contribution in [0.25, 0.3) is 0 Å². The Bertz CT molecular complexity index is 4020. The van der Waals surface area contributed by atoms with Crippen LogP contribution < -0.4 is 5.32 Å². The molecule has 24 unspecified atom stereocenters. The summed E-state index contributed by atoms with van der Waals surface area (Å²) in [6, 6.07) is 10.0. The van der Waals surface area contributed by atoms with Crippen LogP contribution in [0.4, 0.5) is 0 Å². The predicted molar refractivity (Wildman–Crippen MR) is 464 cm³/mol. The van der Waals surface area contributed by atoms with E-state index in [4.69, 9.17) is 85.3 Å². The van der Waals surface area contributed by atoms with Gasteiger partial charge < -0.3 is 198 Å². The average Bonchev–Trinajstić information content (AvgIpc) is 0.667. The number of carbonyl (C=O) groups excluding carboxylic acids is 2. The number of carbonyl (C=O) groups is 2. The van der Waals surface area contributed by atoms with Gasteiger partial charge in [-0.15, -0.1) is 0 Å². The standard InChI is InChI=1S/C94H151NO41/c1-42-56(101)62(107)67(112)82(123-42)131-74-69(114)76(79(117)95-33-21-16-14-12-11-13-15-17-22-34-120-39-45-23-19-18-20-24-45)133-87(78(74)135-83-68(113)63(108)60(105)50(37-96)126-83)128-55-28-29-90(6)52-26-25-46-47-35-89(4,5)31-32-94(47,54(100)36-92(46,8)91(52,7)30-27-53(90)93(55,9)119-10)88(118)136-86-77(64(109)57(102)43(2)124-86)134-84-71(116)75(72(44(3)125-84)129-80-65(110)58(103)48(98)40-121-80)132-85-70(115)73(61(106)51(38-97)127-85)130-81-66(111)59(104)49(99)41-122-81/h18-20,23-25,42-44,47-78,80-87,96-116H,11-17,21-22,26-41H2,1-10H3,(H,95,117)/t42?,43?,44?,47?,48-,49-,50?,51?,52?,53-,54+,55+,56?,57+,58+,59+,60+,61-,62?,63+,64+,65?,66?,67?,68?,69+,70?,71+,72+,73+,74+,75?,76?,77?,78?,80+,81+,82?,83+,84?,85+,86+,87-,90?,91?,92-,93?,94?/m1/s1. The zero-order valence-electron chi connectivity index (χ0n) is 79.0. The molecule has 1 aromatic carbocycles. The minimum absolute atomic E-state index is 0.0318. The van der Waals surface area contributed by atoms with Crippen molar-refractivity contribution in [2.75, 3.05) is 46.7 Å². The Morgan fingerprint density at radius 3 is 1.57 bits per heavy atom. The third kappa shape index (κ3) is 21.4. The zero-order valence-corrected chi connectivity index (χ0v) is 79.0. The number of hydrogen-bond acceptors (Lipinski definition) is 41. The number of esters is 1. The van der Waals surface area contributed by atoms with Crippen molar-refractivity contribution in [3.05, 3.63) is 47.5 Å². The summed E-state index contributed by atoms with van der Waals surface area (Å²) < 4.78 is 112. The summed E-state index contributed by atoms with van der Waals surface area (Å²) >= 11 is 0. The van der Waals surface area contributed by atoms with Gasteiger partial charge in [-0.25, -0.2) is 0 Å². The molecule has 0 radical (unpaired) electrons. The fraction of sp³-hybridized carbons (Fsp3) is 0.894. The Hall–Kier alpha value is -3.62. The van der Waals surface area contributed by atoms with Crippen molar-refractivity contribution < 1.29 is 202 Å². The van der Waals surface area contributed by atoms with E-state index in [-0.39, 0.29) is 37.6 Å². The molecule has 8 saturated heterocycles. The second-order valence-corrected chi connectivity index (χ2v) is 41.9. The molecule has 1 amide bonds. The molecular weight excluding hydrogens is 1800 g/mol. The van der Waals surface area contributed by atoms with Gasteiger partial charge in [0.25, 0.3) is 5.91 Å². The Morgan fingerprint density at radius 2 is 0.949 bits per heavy atom. The molecule has 48 atom stereocenters. The molecular formula is C94H151NO41. The van der Waals surface area contributed by atoms with Crippen molar-refractivity contribution in [3.8, 4) is 0 Å². The van der Waals surface area contributed by atoms with Crippen LogP contribution in [0.1, 0.15) is 183 Å². The number of aliphatic hydroxyl groups is 21. The molecule has 136 heavy (non-hydrogen) atoms. The van der Waals surface area contributed by atoms with Crippen LogP contribution in [0.3, 0.4) is 0 Å². The highest BCUT2D eigenvalue weighted by Gasteiger charge is 2.74. The zero-order chi connectivity index (χ0) is 98.5. The van der Waals surface area contributed by atoms with Gasteiger partial charge in [-0.1, -0.05) is 122 Å². The van der Waals surface area contributed by atoms with Crippen molar-refractivity contribution in [2.45, 2.75) is 436 Å². The first-order valence-corrected chi connectivity index (χ1v) is 48.7. The van der Waals surface area contributed by atoms with E-state index in [1.54, 1.807) is 7.11 Å². The van der Waals surface area contributed by atoms with Crippen LogP contribution in [0.5, 0.6) is 0 Å². The second kappa shape index (κ2) is 44.8. The minimum atomic E-state index is -2.22. The van der Waals surface area contributed by atoms with E-state index in [0.717, 1.165) is 62.5 Å². The highest BCUT2D eigenvalue weighted by Crippen LogP contribution is 2.76. The number of aliphatic hydroxyl groups excluding tert-OH is 21. The second-order valence-electron chi connectivity index (χ2n) is 41.9. The van der Waals surface area contributed by atoms with Gasteiger partial charge in [0, 0.05) is 20.3 Å². The lowest BCUT2D eigenvalue weighted by atomic mass is 9.34. The Morgan fingerprint density at radius 1 is 0.441 bits per heavy atom. The summed E-state index contributed by atoms with van der Waals surface area (Å²) in [7, 11) is 1.55. The summed E-state index contributed by atoms with van der Waals surface area (Å²) in [5, 5.41) is 241. The number of fused-ring (bicyclic) bond motifs is 7. The molecule has 42 nitrogen and oxygen atoms in total. The normalized spacial score (nSPS) is 49.2. The molecule has 0 spiro atoms. The van der Waals surface area contributed by atoms with Crippen molar-refractivity contribution in [1.29, 1.82) is 0 Å². The van der Waals surface area contributed by atoms with Crippen LogP contribution in [0.15, 0.2) is 42.0 Å². The van der Waals surface area contributed by atoms with E-state index in [9.17, 15) is 112 Å². The number of rotatable bonds is 34. The van der Waals surface area contributed by atoms with E-state index < -0.39 is 323 Å². The number of benzene rings is 1. The molecule has 778 valence electrons. The van der Waals surface area contributed by atoms with E-state index in [1.165, 1.54) is 20.8 Å². The van der Waals surface area contributed by atoms with Crippen molar-refractivity contribution in [1.82, 2.24) is 5.32 Å². The monoisotopic (exact) mass is 1950 g/mol. The lowest BCUT2D eigenvalue weighted by Gasteiger charge is -2.71. The molecule has 12 fully saturated rings. The third-order valence-electron chi connectivity index (χ3n) is 32.9. The highest BCUT2D eigenvalue weighted by molar-refractivity contribution is 5.82. The molecule has 4 saturated carbocycles. The van der Waals surface area contributed by atoms with Gasteiger partial charge in [0.2, 0.25) is 6.29 Å². The number of methoxy groups -OCH3 is 1. The van der Waals surface area contributed by atoms with Crippen molar-refractivity contribution in [3.63, 3.8) is 0 Å². The van der Waals surface area contributed by atoms with Crippen molar-refractivity contribution in [2.24, 2.45) is 44.8 Å². The van der Waals surface area contributed by atoms with E-state index in [0.29, 0.717) is 58.2 Å². The molecule has 0 bridgehead atoms. The van der Waals surface area contributed by atoms with Gasteiger partial charge >= 0.3 is 5.97 Å². The maximum absolute atomic E-state index is 16.2. The molecule has 8 heterocycles. The van der Waals surface area contributed by atoms with Crippen LogP contribution in [0.2, 0.25) is 0 Å². The number of hydrogen-bond donors (Lipinski definition) is 22. The fourth-order valence-electron chi connectivity index (χ4n) is 24.3. The van der Waals surface area contributed by atoms with Gasteiger partial charge in [-0.3, -0.25) is 9.59 Å². The first-order valence-electron chi connectivity index (χ1n) is 48.7. The first-order chi connectivity index (χ1) is 64.4. The van der Waals surface area contributed by atoms with Gasteiger partial charge in [0.05, 0.1) is 69.2 Å². The largest absolute Gasteiger partial charge is 0.432 e. The van der Waals surface area contributed by atoms with Crippen LogP contribution in [-0.2, 0) is 101 Å². The fourth-order valence-corrected chi connectivity index (χ4v) is 24.3. The first kappa shape index (κ1) is 108. The SMILES string of the molecule is COC1(C)[C@@H](O[C@@H]2OC(C(=O)NCCCCCCCCCCCOCc3ccccc3)[C@@H](O)[C@H](OC3OC(C)C(O)C(O)C3O)C2O[C@@H]2OC(CO)[C@H](O)[C@H](O)C2O)CCC2(C)C3CC=C4C5CC(C)(C)CCC5(C(=O)O[C@@H]5OC(C)[C@H](O)[C@H](O)C5OC5OC(C)[C@H](O[C@@H]6OC[C@@H](O)[C@H](O)C6O)C(O[C@@H]6OC(CO)[C@@H](O)[C@H](O[C@@H]7OC[C@@H](O)[C@H](O)C7O)C6O)[C@@H]5O)[C@@H](O)C[C@@]4(C)C3(C)CC[C@H]21. The molecule has 22 N–H and O–H groups in total. The molecule has 0 aromatic heterocycles. The molecule has 8 aliphatic heterocycles. The van der Waals surface area contributed by atoms with Gasteiger partial charge in [0.15, 0.2) is 56.2 Å². The number of ether oxygens (including phenoxy) is 18. The number of unbranched alkanes of at least 4 members (excludes halogenated alkanes) is 8. The van der Waals surface area contributed by atoms with Crippen molar-refractivity contribution >= 4 is 11.9 Å². The summed E-state index contributed by atoms with van der Waals surface area (Å²) in [5.41, 5.74) is -3.55. The molecule has 5 aliphatic carbocycles. The summed E-state index contributed by atoms with van der Waals surface area (Å²) in [5.74, 6) is -3.02. The Labute approximate surface area is 790 Å². The van der Waals surface area contributed by atoms with Gasteiger partial charge in [-0.2, -0.15) is 0 Å². The summed E-state index contributed by atoms with van der Waals surface area (Å²) in [6.45, 7) is 15.3. The summed E-state index contributed by atoms with van der Waals surface area (Å²) in [6.07, 6.45) is -58.4. The number of amides is 1. The quantitative estimate of drug-likeness (QED) is 0.0140. The number of nitrogens with one attached hydrogen (secondary N) is 1. The van der Waals surface area contributed by atoms with Gasteiger partial charge in [-0.05, 0) is 143 Å². The third-order valence-corrected chi connectivity index (χ3v) is 32.9. The molecule has 13 aliphatic rings. The van der Waals surface area contributed by atoms with E-state index >= 15 is 4.79 Å². The smallest absolute Gasteiger partial charge is 0.317 e. The highest BCUT2D eigenvalue weighted by atomic mass is 16.8. The van der Waals surface area contributed by atoms with E-state index in [1.807, 2.05) is 37.3 Å². The Balaban J connectivity index is 0.703. The van der Waals surface area contributed by atoms with E-state index in [2.05, 4.69) is 46.0 Å². The topological polar surface area (TPSA) is 637 Å². The lowest BCUT2D eigenvalue weighted by Crippen LogP contribution is -2.71. The average molecular weight is 1950 g/mol. The van der Waals surface area contributed by atoms with Crippen LogP contribution in [0, 0.1) is 44.8 Å². The predicted octanol–water partition coefficient (Wildman–Crippen LogP) is -3.18. The summed E-state index contributed by atoms with van der Waals surface area (Å²) in [4.78, 5) is 31.1. The van der Waals surface area contributed by atoms with Gasteiger partial charge in [0.1, 0.15) is 158 Å². The molecule has 14 rings (SSSR count). The Kier molecular flexibility index (Phi) is 35.6. The molecule has 1 aromatic rings. The lowest BCUT2D eigenvalue weighted by molar-refractivity contribution is -0.399. The van der Waals surface area contributed by atoms with Crippen LogP contribution in [-0.4, -0.2) is 417 Å². The number of allylic oxidation sites excluding steroid dienone is 2. The maximum atomic E-state index is 16.2. The minimum Gasteiger partial charge on any atom is -0.432 e. The van der Waals surface area contributed by atoms with Crippen LogP contribution >= 0.6 is 0 Å². The molecule has 42 heteroatoms.